The highest BCUT2D eigenvalue weighted by atomic mass is 32.2. The largest absolute Gasteiger partial charge is 0.404 e. The predicted octanol–water partition coefficient (Wildman–Crippen LogP) is 2.62. The number of aromatic amines is 1. The molecule has 0 bridgehead atoms. The van der Waals surface area contributed by atoms with Crippen LogP contribution in [0.3, 0.4) is 0 Å². The smallest absolute Gasteiger partial charge is 0.365 e. The van der Waals surface area contributed by atoms with E-state index in [2.05, 4.69) is 20.5 Å². The van der Waals surface area contributed by atoms with Crippen molar-refractivity contribution in [3.05, 3.63) is 54.2 Å². The number of amides is 1. The van der Waals surface area contributed by atoms with Crippen molar-refractivity contribution in [1.82, 2.24) is 15.2 Å². The van der Waals surface area contributed by atoms with E-state index in [-0.39, 0.29) is 22.8 Å². The summed E-state index contributed by atoms with van der Waals surface area (Å²) in [5, 5.41) is 9.54. The standard InChI is InChI=1S/C17H15F3N6O3S/c18-17(19,20)9-30(28,29)26-11-6-4-10(5-7-11)14-13(15(21)27)16(25-24-14)23-12-3-1-2-8-22-12/h1-8,26H,9H2,(H2,21,27)(H2,22,23,24,25). The van der Waals surface area contributed by atoms with E-state index < -0.39 is 27.9 Å². The molecule has 0 radical (unpaired) electrons. The lowest BCUT2D eigenvalue weighted by Crippen LogP contribution is -2.27. The number of carbonyl (C=O) groups is 1. The normalized spacial score (nSPS) is 11.8. The molecule has 30 heavy (non-hydrogen) atoms. The molecular formula is C17H15F3N6O3S. The lowest BCUT2D eigenvalue weighted by Gasteiger charge is -2.10. The summed E-state index contributed by atoms with van der Waals surface area (Å²) in [6, 6.07) is 10.4. The Labute approximate surface area is 168 Å². The fraction of sp³-hybridized carbons (Fsp3) is 0.118. The van der Waals surface area contributed by atoms with Gasteiger partial charge < -0.3 is 11.1 Å². The predicted molar refractivity (Wildman–Crippen MR) is 104 cm³/mol. The Morgan fingerprint density at radius 1 is 1.13 bits per heavy atom. The van der Waals surface area contributed by atoms with Gasteiger partial charge in [0, 0.05) is 17.4 Å². The van der Waals surface area contributed by atoms with Crippen molar-refractivity contribution in [2.75, 3.05) is 15.8 Å². The molecule has 0 fully saturated rings. The molecule has 2 aromatic heterocycles. The lowest BCUT2D eigenvalue weighted by molar-refractivity contribution is -0.106. The number of carbonyl (C=O) groups excluding carboxylic acids is 1. The third-order valence-corrected chi connectivity index (χ3v) is 4.98. The van der Waals surface area contributed by atoms with Crippen molar-refractivity contribution in [3.63, 3.8) is 0 Å². The van der Waals surface area contributed by atoms with Crippen molar-refractivity contribution in [2.24, 2.45) is 5.73 Å². The molecule has 0 aliphatic carbocycles. The van der Waals surface area contributed by atoms with E-state index in [4.69, 9.17) is 5.73 Å². The zero-order valence-corrected chi connectivity index (χ0v) is 15.9. The molecule has 9 nitrogen and oxygen atoms in total. The number of hydrogen-bond acceptors (Lipinski definition) is 6. The summed E-state index contributed by atoms with van der Waals surface area (Å²) in [4.78, 5) is 16.0. The summed E-state index contributed by atoms with van der Waals surface area (Å²) < 4.78 is 62.0. The number of anilines is 3. The number of nitrogens with two attached hydrogens (primary N) is 1. The number of alkyl halides is 3. The molecule has 3 aromatic rings. The van der Waals surface area contributed by atoms with Gasteiger partial charge in [0.25, 0.3) is 5.91 Å². The van der Waals surface area contributed by atoms with Crippen LogP contribution in [-0.2, 0) is 10.0 Å². The van der Waals surface area contributed by atoms with Crippen molar-refractivity contribution >= 4 is 33.3 Å². The summed E-state index contributed by atoms with van der Waals surface area (Å²) in [7, 11) is -4.61. The molecule has 0 spiro atoms. The van der Waals surface area contributed by atoms with Crippen LogP contribution in [0.1, 0.15) is 10.4 Å². The molecule has 158 valence electrons. The van der Waals surface area contributed by atoms with Gasteiger partial charge in [0.2, 0.25) is 10.0 Å². The van der Waals surface area contributed by atoms with Crippen LogP contribution in [0.2, 0.25) is 0 Å². The van der Waals surface area contributed by atoms with Crippen molar-refractivity contribution in [2.45, 2.75) is 6.18 Å². The maximum absolute atomic E-state index is 12.3. The molecule has 3 rings (SSSR count). The number of primary amides is 1. The number of H-pyrrole nitrogens is 1. The first-order valence-corrected chi connectivity index (χ1v) is 9.93. The first-order chi connectivity index (χ1) is 14.0. The Morgan fingerprint density at radius 3 is 2.40 bits per heavy atom. The maximum Gasteiger partial charge on any atom is 0.404 e. The van der Waals surface area contributed by atoms with E-state index >= 15 is 0 Å². The second-order valence-corrected chi connectivity index (χ2v) is 7.80. The molecule has 0 aliphatic heterocycles. The van der Waals surface area contributed by atoms with Gasteiger partial charge in [-0.3, -0.25) is 14.6 Å². The second-order valence-electron chi connectivity index (χ2n) is 6.08. The van der Waals surface area contributed by atoms with Gasteiger partial charge >= 0.3 is 6.18 Å². The number of pyridine rings is 1. The van der Waals surface area contributed by atoms with Gasteiger partial charge in [-0.2, -0.15) is 18.3 Å². The van der Waals surface area contributed by atoms with Crippen LogP contribution in [-0.4, -0.2) is 41.4 Å². The summed E-state index contributed by atoms with van der Waals surface area (Å²) >= 11 is 0. The van der Waals surface area contributed by atoms with Crippen molar-refractivity contribution < 1.29 is 26.4 Å². The van der Waals surface area contributed by atoms with Crippen LogP contribution in [0.15, 0.2) is 48.7 Å². The Kier molecular flexibility index (Phi) is 5.64. The van der Waals surface area contributed by atoms with Crippen LogP contribution in [0.4, 0.5) is 30.5 Å². The SMILES string of the molecule is NC(=O)c1c(Nc2ccccn2)n[nH]c1-c1ccc(NS(=O)(=O)CC(F)(F)F)cc1. The first-order valence-electron chi connectivity index (χ1n) is 8.28. The fourth-order valence-electron chi connectivity index (χ4n) is 2.58. The Hall–Kier alpha value is -3.61. The number of nitrogens with one attached hydrogen (secondary N) is 3. The summed E-state index contributed by atoms with van der Waals surface area (Å²) in [5.41, 5.74) is 6.07. The molecule has 0 aliphatic rings. The van der Waals surface area contributed by atoms with Gasteiger partial charge in [-0.25, -0.2) is 13.4 Å². The number of nitrogens with zero attached hydrogens (tertiary/aromatic N) is 2. The highest BCUT2D eigenvalue weighted by molar-refractivity contribution is 7.92. The Morgan fingerprint density at radius 2 is 1.83 bits per heavy atom. The van der Waals surface area contributed by atoms with Gasteiger partial charge in [-0.05, 0) is 24.3 Å². The maximum atomic E-state index is 12.3. The fourth-order valence-corrected chi connectivity index (χ4v) is 3.57. The minimum atomic E-state index is -4.87. The highest BCUT2D eigenvalue weighted by Gasteiger charge is 2.35. The van der Waals surface area contributed by atoms with Gasteiger partial charge in [0.15, 0.2) is 11.6 Å². The summed E-state index contributed by atoms with van der Waals surface area (Å²) in [5.74, 6) is -2.23. The van der Waals surface area contributed by atoms with Crippen molar-refractivity contribution in [3.8, 4) is 11.3 Å². The number of benzene rings is 1. The Bertz CT molecular complexity index is 1150. The van der Waals surface area contributed by atoms with E-state index in [9.17, 15) is 26.4 Å². The first kappa shape index (κ1) is 21.1. The van der Waals surface area contributed by atoms with Crippen LogP contribution in [0.5, 0.6) is 0 Å². The van der Waals surface area contributed by atoms with Crippen LogP contribution < -0.4 is 15.8 Å². The van der Waals surface area contributed by atoms with E-state index in [0.29, 0.717) is 11.4 Å². The molecule has 5 N–H and O–H groups in total. The zero-order valence-electron chi connectivity index (χ0n) is 15.1. The van der Waals surface area contributed by atoms with E-state index in [0.717, 1.165) is 0 Å². The monoisotopic (exact) mass is 440 g/mol. The third kappa shape index (κ3) is 5.26. The molecule has 0 unspecified atom stereocenters. The average Bonchev–Trinajstić information content (AvgIpc) is 3.04. The van der Waals surface area contributed by atoms with Gasteiger partial charge in [-0.15, -0.1) is 0 Å². The van der Waals surface area contributed by atoms with Gasteiger partial charge in [0.1, 0.15) is 11.4 Å². The molecule has 13 heteroatoms. The molecule has 0 saturated carbocycles. The molecule has 2 heterocycles. The van der Waals surface area contributed by atoms with E-state index in [1.807, 2.05) is 4.72 Å². The summed E-state index contributed by atoms with van der Waals surface area (Å²) in [6.45, 7) is 0. The molecule has 0 saturated heterocycles. The number of sulfonamides is 1. The van der Waals surface area contributed by atoms with Crippen LogP contribution >= 0.6 is 0 Å². The van der Waals surface area contributed by atoms with Gasteiger partial charge in [0.05, 0.1) is 5.69 Å². The quantitative estimate of drug-likeness (QED) is 0.445. The molecular weight excluding hydrogens is 425 g/mol. The number of aromatic nitrogens is 3. The molecule has 1 amide bonds. The minimum Gasteiger partial charge on any atom is -0.365 e. The van der Waals surface area contributed by atoms with E-state index in [1.54, 1.807) is 24.4 Å². The average molecular weight is 440 g/mol. The van der Waals surface area contributed by atoms with Crippen LogP contribution in [0.25, 0.3) is 11.3 Å². The molecule has 0 atom stereocenters. The lowest BCUT2D eigenvalue weighted by atomic mass is 10.1. The highest BCUT2D eigenvalue weighted by Crippen LogP contribution is 2.29. The number of halogens is 3. The topological polar surface area (TPSA) is 143 Å². The third-order valence-electron chi connectivity index (χ3n) is 3.72. The summed E-state index contributed by atoms with van der Waals surface area (Å²) in [6.07, 6.45) is -3.33. The van der Waals surface area contributed by atoms with Crippen molar-refractivity contribution in [1.29, 1.82) is 0 Å². The van der Waals surface area contributed by atoms with Crippen LogP contribution in [0, 0.1) is 0 Å². The second kappa shape index (κ2) is 8.02. The Balaban J connectivity index is 1.85. The van der Waals surface area contributed by atoms with E-state index in [1.165, 1.54) is 24.3 Å². The number of rotatable bonds is 7. The molecule has 1 aromatic carbocycles. The zero-order chi connectivity index (χ0) is 21.9. The minimum absolute atomic E-state index is 0.0334. The van der Waals surface area contributed by atoms with Gasteiger partial charge in [-0.1, -0.05) is 18.2 Å². The number of hydrogen-bond donors (Lipinski definition) is 4.